The molecule has 0 aromatic rings. The van der Waals surface area contributed by atoms with Gasteiger partial charge in [-0.1, -0.05) is 26.7 Å². The highest BCUT2D eigenvalue weighted by molar-refractivity contribution is 4.83. The van der Waals surface area contributed by atoms with Crippen molar-refractivity contribution in [1.29, 1.82) is 0 Å². The highest BCUT2D eigenvalue weighted by atomic mass is 14.3. The maximum atomic E-state index is 4.15. The second-order valence-corrected chi connectivity index (χ2v) is 3.93. The Bertz CT molecular complexity index is 92.2. The van der Waals surface area contributed by atoms with Crippen molar-refractivity contribution in [3.8, 4) is 0 Å². The van der Waals surface area contributed by atoms with Crippen molar-refractivity contribution >= 4 is 0 Å². The Kier molecular flexibility index (Phi) is 1.83. The first kappa shape index (κ1) is 7.11. The lowest BCUT2D eigenvalue weighted by molar-refractivity contribution is 0.175. The smallest absolute Gasteiger partial charge is 0.0326 e. The molecule has 1 saturated carbocycles. The molecule has 0 nitrogen and oxygen atoms in total. The molecule has 0 saturated heterocycles. The molecule has 53 valence electrons. The molecule has 0 aromatic heterocycles. The van der Waals surface area contributed by atoms with Crippen LogP contribution < -0.4 is 0 Å². The topological polar surface area (TPSA) is 0 Å². The second kappa shape index (κ2) is 2.32. The van der Waals surface area contributed by atoms with Crippen LogP contribution in [0.3, 0.4) is 0 Å². The molecule has 0 bridgehead atoms. The van der Waals surface area contributed by atoms with Crippen LogP contribution in [-0.4, -0.2) is 0 Å². The molecule has 1 radical (unpaired) electrons. The van der Waals surface area contributed by atoms with Crippen molar-refractivity contribution in [2.24, 2.45) is 11.3 Å². The average Bonchev–Trinajstić information content (AvgIpc) is 1.77. The molecule has 0 heteroatoms. The Morgan fingerprint density at radius 3 is 2.33 bits per heavy atom. The van der Waals surface area contributed by atoms with Gasteiger partial charge in [-0.05, 0) is 31.1 Å². The summed E-state index contributed by atoms with van der Waals surface area (Å²) < 4.78 is 0. The molecule has 0 spiro atoms. The largest absolute Gasteiger partial charge is 0.0596 e. The minimum Gasteiger partial charge on any atom is -0.0596 e. The van der Waals surface area contributed by atoms with E-state index >= 15 is 0 Å². The summed E-state index contributed by atoms with van der Waals surface area (Å²) in [5.41, 5.74) is 0.526. The van der Waals surface area contributed by atoms with E-state index in [1.165, 1.54) is 25.7 Å². The summed E-state index contributed by atoms with van der Waals surface area (Å²) in [7, 11) is 0. The van der Waals surface area contributed by atoms with Gasteiger partial charge in [0.2, 0.25) is 0 Å². The number of hydrogen-bond donors (Lipinski definition) is 0. The van der Waals surface area contributed by atoms with Gasteiger partial charge in [0.1, 0.15) is 0 Å². The predicted molar refractivity (Wildman–Crippen MR) is 41.1 cm³/mol. The van der Waals surface area contributed by atoms with E-state index in [2.05, 4.69) is 20.8 Å². The molecule has 1 fully saturated rings. The van der Waals surface area contributed by atoms with Gasteiger partial charge in [-0.15, -0.1) is 0 Å². The first-order valence-electron chi connectivity index (χ1n) is 3.96. The van der Waals surface area contributed by atoms with Gasteiger partial charge in [0.05, 0.1) is 0 Å². The monoisotopic (exact) mass is 125 g/mol. The van der Waals surface area contributed by atoms with Gasteiger partial charge in [0.25, 0.3) is 0 Å². The Hall–Kier alpha value is 0. The first-order valence-corrected chi connectivity index (χ1v) is 3.96. The zero-order chi connectivity index (χ0) is 6.91. The normalized spacial score (nSPS) is 34.3. The SMILES string of the molecule is [CH2]C1CCCCC1(C)C. The maximum Gasteiger partial charge on any atom is -0.0326 e. The lowest BCUT2D eigenvalue weighted by Crippen LogP contribution is -2.25. The zero-order valence-electron chi connectivity index (χ0n) is 6.61. The molecule has 0 amide bonds. The third-order valence-corrected chi connectivity index (χ3v) is 2.73. The van der Waals surface area contributed by atoms with Crippen LogP contribution in [0.15, 0.2) is 0 Å². The first-order chi connectivity index (χ1) is 4.13. The lowest BCUT2D eigenvalue weighted by atomic mass is 9.70. The fourth-order valence-electron chi connectivity index (χ4n) is 1.57. The highest BCUT2D eigenvalue weighted by Gasteiger charge is 2.28. The van der Waals surface area contributed by atoms with E-state index in [1.54, 1.807) is 0 Å². The molecule has 1 aliphatic rings. The molecule has 0 N–H and O–H groups in total. The minimum absolute atomic E-state index is 0.526. The van der Waals surface area contributed by atoms with E-state index in [0.29, 0.717) is 11.3 Å². The summed E-state index contributed by atoms with van der Waals surface area (Å²) in [5, 5.41) is 0. The van der Waals surface area contributed by atoms with Crippen LogP contribution in [0.25, 0.3) is 0 Å². The molecule has 0 aromatic carbocycles. The Morgan fingerprint density at radius 1 is 1.33 bits per heavy atom. The van der Waals surface area contributed by atoms with Gasteiger partial charge < -0.3 is 0 Å². The molecule has 9 heavy (non-hydrogen) atoms. The summed E-state index contributed by atoms with van der Waals surface area (Å²) in [6, 6.07) is 0. The van der Waals surface area contributed by atoms with Gasteiger partial charge in [0, 0.05) is 0 Å². The van der Waals surface area contributed by atoms with Crippen LogP contribution in [-0.2, 0) is 0 Å². The van der Waals surface area contributed by atoms with Crippen molar-refractivity contribution in [1.82, 2.24) is 0 Å². The van der Waals surface area contributed by atoms with Gasteiger partial charge in [-0.2, -0.15) is 0 Å². The fraction of sp³-hybridized carbons (Fsp3) is 0.889. The standard InChI is InChI=1S/C9H17/c1-8-6-4-5-7-9(8,2)3/h8H,1,4-7H2,2-3H3. The minimum atomic E-state index is 0.526. The van der Waals surface area contributed by atoms with Crippen LogP contribution in [0.5, 0.6) is 0 Å². The Balaban J connectivity index is 2.49. The van der Waals surface area contributed by atoms with Crippen molar-refractivity contribution in [3.05, 3.63) is 6.92 Å². The van der Waals surface area contributed by atoms with Gasteiger partial charge in [-0.25, -0.2) is 0 Å². The van der Waals surface area contributed by atoms with E-state index < -0.39 is 0 Å². The van der Waals surface area contributed by atoms with Crippen molar-refractivity contribution in [2.75, 3.05) is 0 Å². The van der Waals surface area contributed by atoms with Crippen LogP contribution >= 0.6 is 0 Å². The molecular weight excluding hydrogens is 108 g/mol. The summed E-state index contributed by atoms with van der Waals surface area (Å²) in [6.07, 6.45) is 5.53. The molecule has 0 heterocycles. The van der Waals surface area contributed by atoms with E-state index in [4.69, 9.17) is 0 Å². The lowest BCUT2D eigenvalue weighted by Gasteiger charge is -2.36. The van der Waals surface area contributed by atoms with Crippen LogP contribution in [0.1, 0.15) is 39.5 Å². The molecule has 1 atom stereocenters. The molecule has 1 unspecified atom stereocenters. The van der Waals surface area contributed by atoms with Crippen LogP contribution in [0.2, 0.25) is 0 Å². The summed E-state index contributed by atoms with van der Waals surface area (Å²) in [4.78, 5) is 0. The van der Waals surface area contributed by atoms with Crippen LogP contribution in [0, 0.1) is 18.3 Å². The summed E-state index contributed by atoms with van der Waals surface area (Å²) in [5.74, 6) is 0.700. The fourth-order valence-corrected chi connectivity index (χ4v) is 1.57. The molecule has 0 aliphatic heterocycles. The predicted octanol–water partition coefficient (Wildman–Crippen LogP) is 3.04. The summed E-state index contributed by atoms with van der Waals surface area (Å²) in [6.45, 7) is 8.82. The van der Waals surface area contributed by atoms with E-state index in [-0.39, 0.29) is 0 Å². The third-order valence-electron chi connectivity index (χ3n) is 2.73. The number of hydrogen-bond acceptors (Lipinski definition) is 0. The van der Waals surface area contributed by atoms with E-state index in [0.717, 1.165) is 0 Å². The van der Waals surface area contributed by atoms with Crippen molar-refractivity contribution in [2.45, 2.75) is 39.5 Å². The average molecular weight is 125 g/mol. The van der Waals surface area contributed by atoms with E-state index in [1.807, 2.05) is 0 Å². The second-order valence-electron chi connectivity index (χ2n) is 3.93. The van der Waals surface area contributed by atoms with Gasteiger partial charge >= 0.3 is 0 Å². The molecule has 1 aliphatic carbocycles. The van der Waals surface area contributed by atoms with Crippen molar-refractivity contribution in [3.63, 3.8) is 0 Å². The highest BCUT2D eigenvalue weighted by Crippen LogP contribution is 2.39. The van der Waals surface area contributed by atoms with Gasteiger partial charge in [-0.3, -0.25) is 0 Å². The quantitative estimate of drug-likeness (QED) is 0.467. The van der Waals surface area contributed by atoms with E-state index in [9.17, 15) is 0 Å². The maximum absolute atomic E-state index is 4.15. The Morgan fingerprint density at radius 2 is 2.00 bits per heavy atom. The van der Waals surface area contributed by atoms with Gasteiger partial charge in [0.15, 0.2) is 0 Å². The Labute approximate surface area is 58.7 Å². The summed E-state index contributed by atoms with van der Waals surface area (Å²) >= 11 is 0. The van der Waals surface area contributed by atoms with Crippen molar-refractivity contribution < 1.29 is 0 Å². The molecule has 1 rings (SSSR count). The third kappa shape index (κ3) is 1.47. The number of rotatable bonds is 0. The molecular formula is C9H17. The van der Waals surface area contributed by atoms with Crippen LogP contribution in [0.4, 0.5) is 0 Å². The zero-order valence-corrected chi connectivity index (χ0v) is 6.61.